The number of oxazole rings is 2. The van der Waals surface area contributed by atoms with E-state index in [2.05, 4.69) is 31.9 Å². The molecule has 2 saturated heterocycles. The van der Waals surface area contributed by atoms with Gasteiger partial charge in [-0.05, 0) is 85.3 Å². The van der Waals surface area contributed by atoms with Crippen LogP contribution in [0.15, 0.2) is 119 Å². The van der Waals surface area contributed by atoms with Crippen LogP contribution in [-0.4, -0.2) is 100 Å². The zero-order valence-electron chi connectivity index (χ0n) is 31.5. The second kappa shape index (κ2) is 18.0. The molecule has 0 saturated carbocycles. The summed E-state index contributed by atoms with van der Waals surface area (Å²) in [6, 6.07) is 26.6. The molecule has 0 amide bonds. The summed E-state index contributed by atoms with van der Waals surface area (Å²) < 4.78 is 48.3. The molecular formula is C42H47FN4O8S2. The van der Waals surface area contributed by atoms with Gasteiger partial charge in [0.05, 0.1) is 43.8 Å². The smallest absolute Gasteiger partial charge is 0.408 e. The summed E-state index contributed by atoms with van der Waals surface area (Å²) in [5, 5.41) is 21.7. The van der Waals surface area contributed by atoms with E-state index in [-0.39, 0.29) is 5.82 Å². The van der Waals surface area contributed by atoms with E-state index in [1.54, 1.807) is 48.5 Å². The average molecular weight is 819 g/mol. The molecule has 15 heteroatoms. The third-order valence-corrected chi connectivity index (χ3v) is 13.6. The number of aromatic amines is 2. The maximum atomic E-state index is 13.0. The van der Waals surface area contributed by atoms with Gasteiger partial charge < -0.3 is 28.8 Å². The molecule has 2 aliphatic heterocycles. The molecule has 6 aromatic rings. The second-order valence-electron chi connectivity index (χ2n) is 15.0. The van der Waals surface area contributed by atoms with Crippen LogP contribution in [0.25, 0.3) is 22.2 Å². The molecule has 12 nitrogen and oxygen atoms in total. The molecule has 302 valence electrons. The van der Waals surface area contributed by atoms with Crippen LogP contribution in [0.5, 0.6) is 0 Å². The molecule has 0 bridgehead atoms. The van der Waals surface area contributed by atoms with Crippen molar-refractivity contribution >= 4 is 43.8 Å². The first kappa shape index (κ1) is 40.7. The van der Waals surface area contributed by atoms with Crippen LogP contribution < -0.4 is 11.5 Å². The highest BCUT2D eigenvalue weighted by Gasteiger charge is 2.33. The van der Waals surface area contributed by atoms with Crippen LogP contribution in [0, 0.1) is 5.82 Å². The van der Waals surface area contributed by atoms with Crippen molar-refractivity contribution in [2.75, 3.05) is 50.8 Å². The molecule has 57 heavy (non-hydrogen) atoms. The number of nitrogens with one attached hydrogen (secondary N) is 2. The first-order chi connectivity index (χ1) is 27.4. The Kier molecular flexibility index (Phi) is 12.8. The topological polar surface area (TPSA) is 173 Å². The lowest BCUT2D eigenvalue weighted by Gasteiger charge is -2.38. The van der Waals surface area contributed by atoms with Crippen LogP contribution in [0.2, 0.25) is 0 Å². The van der Waals surface area contributed by atoms with Crippen molar-refractivity contribution in [3.8, 4) is 0 Å². The molecule has 0 spiro atoms. The average Bonchev–Trinajstić information content (AvgIpc) is 3.78. The van der Waals surface area contributed by atoms with Gasteiger partial charge in [-0.3, -0.25) is 18.4 Å². The molecule has 8 rings (SSSR count). The Hall–Kier alpha value is -4.51. The zero-order valence-corrected chi connectivity index (χ0v) is 33.1. The summed E-state index contributed by atoms with van der Waals surface area (Å²) in [6.07, 6.45) is 3.86. The summed E-state index contributed by atoms with van der Waals surface area (Å²) in [7, 11) is -2.36. The summed E-state index contributed by atoms with van der Waals surface area (Å²) in [6.45, 7) is 4.41. The number of piperidine rings is 2. The van der Waals surface area contributed by atoms with E-state index in [9.17, 15) is 32.6 Å². The van der Waals surface area contributed by atoms with Crippen LogP contribution in [0.1, 0.15) is 36.8 Å². The van der Waals surface area contributed by atoms with Crippen molar-refractivity contribution in [3.05, 3.63) is 129 Å². The molecule has 0 radical (unpaired) electrons. The van der Waals surface area contributed by atoms with Gasteiger partial charge in [0.2, 0.25) is 0 Å². The molecule has 2 aliphatic rings. The fourth-order valence-electron chi connectivity index (χ4n) is 7.49. The Morgan fingerprint density at radius 1 is 0.614 bits per heavy atom. The Morgan fingerprint density at radius 3 is 1.47 bits per heavy atom. The molecule has 4 N–H and O–H groups in total. The lowest BCUT2D eigenvalue weighted by Crippen LogP contribution is -2.46. The van der Waals surface area contributed by atoms with Crippen molar-refractivity contribution < 1.29 is 31.9 Å². The molecule has 2 aromatic heterocycles. The number of halogens is 1. The Bertz CT molecular complexity index is 2430. The van der Waals surface area contributed by atoms with Crippen molar-refractivity contribution in [1.82, 2.24) is 19.8 Å². The van der Waals surface area contributed by atoms with Crippen molar-refractivity contribution in [2.24, 2.45) is 0 Å². The third-order valence-electron chi connectivity index (χ3n) is 10.9. The lowest BCUT2D eigenvalue weighted by molar-refractivity contribution is -0.0196. The van der Waals surface area contributed by atoms with Gasteiger partial charge in [-0.1, -0.05) is 42.5 Å². The highest BCUT2D eigenvalue weighted by atomic mass is 32.2. The molecule has 4 aromatic carbocycles. The van der Waals surface area contributed by atoms with E-state index in [1.807, 2.05) is 18.2 Å². The first-order valence-electron chi connectivity index (χ1n) is 19.1. The van der Waals surface area contributed by atoms with E-state index in [1.165, 1.54) is 12.1 Å². The summed E-state index contributed by atoms with van der Waals surface area (Å²) in [5.41, 5.74) is 2.68. The van der Waals surface area contributed by atoms with Gasteiger partial charge in [-0.2, -0.15) is 0 Å². The predicted octanol–water partition coefficient (Wildman–Crippen LogP) is 4.74. The molecular weight excluding hydrogens is 772 g/mol. The van der Waals surface area contributed by atoms with Crippen LogP contribution in [-0.2, 0) is 34.4 Å². The van der Waals surface area contributed by atoms with Gasteiger partial charge in [0.15, 0.2) is 11.2 Å². The molecule has 2 atom stereocenters. The number of aliphatic hydroxyl groups is 2. The normalized spacial score (nSPS) is 18.2. The number of hydrogen-bond acceptors (Lipinski definition) is 10. The molecule has 0 aliphatic carbocycles. The molecule has 4 heterocycles. The number of aromatic nitrogens is 2. The van der Waals surface area contributed by atoms with Crippen molar-refractivity contribution in [3.63, 3.8) is 0 Å². The predicted molar refractivity (Wildman–Crippen MR) is 218 cm³/mol. The quantitative estimate of drug-likeness (QED) is 0.135. The van der Waals surface area contributed by atoms with E-state index in [4.69, 9.17) is 8.83 Å². The Balaban J connectivity index is 0.000000174. The van der Waals surface area contributed by atoms with Gasteiger partial charge >= 0.3 is 11.5 Å². The van der Waals surface area contributed by atoms with Gasteiger partial charge in [0, 0.05) is 73.4 Å². The SMILES string of the molecule is O=c1[nH]c2ccc(S(=O)CCN3CCC(O)(Cc4ccc(F)cc4)CC3)cc2o1.O=c1[nH]c2ccc(S(=O)CCN3CCC(O)(Cc4ccccc4)CC3)cc2o1. The summed E-state index contributed by atoms with van der Waals surface area (Å²) >= 11 is 0. The number of nitrogens with zero attached hydrogens (tertiary/aromatic N) is 2. The molecule has 2 unspecified atom stereocenters. The minimum absolute atomic E-state index is 0.277. The fraction of sp³-hybridized carbons (Fsp3) is 0.381. The first-order valence-corrected chi connectivity index (χ1v) is 21.8. The lowest BCUT2D eigenvalue weighted by atomic mass is 9.85. The standard InChI is InChI=1S/C21H23FN2O4S.C21H24N2O4S/c22-16-3-1-15(2-4-16)14-21(26)7-9-24(10-8-21)11-12-29(27)17-5-6-18-19(13-17)28-20(25)23-18;24-20-22-18-7-6-17(14-19(18)27-20)28(26)13-12-23-10-8-21(25,9-11-23)15-16-4-2-1-3-5-16/h1-6,13,26H,7-12,14H2,(H,23,25);1-7,14,25H,8-13,15H2,(H,22,24). The highest BCUT2D eigenvalue weighted by Crippen LogP contribution is 2.28. The molecule has 2 fully saturated rings. The zero-order chi connectivity index (χ0) is 40.0. The number of benzene rings is 4. The maximum absolute atomic E-state index is 13.0. The number of rotatable bonds is 12. The van der Waals surface area contributed by atoms with Gasteiger partial charge in [0.25, 0.3) is 0 Å². The minimum atomic E-state index is -1.20. The Labute approximate surface area is 333 Å². The maximum Gasteiger partial charge on any atom is 0.417 e. The van der Waals surface area contributed by atoms with Crippen molar-refractivity contribution in [2.45, 2.75) is 59.5 Å². The van der Waals surface area contributed by atoms with Gasteiger partial charge in [-0.15, -0.1) is 0 Å². The van der Waals surface area contributed by atoms with Crippen LogP contribution >= 0.6 is 0 Å². The second-order valence-corrected chi connectivity index (χ2v) is 18.2. The Morgan fingerprint density at radius 2 is 1.04 bits per heavy atom. The largest absolute Gasteiger partial charge is 0.417 e. The number of H-pyrrole nitrogens is 2. The van der Waals surface area contributed by atoms with Gasteiger partial charge in [0.1, 0.15) is 5.82 Å². The van der Waals surface area contributed by atoms with Crippen molar-refractivity contribution in [1.29, 1.82) is 0 Å². The van der Waals surface area contributed by atoms with Gasteiger partial charge in [-0.25, -0.2) is 14.0 Å². The number of fused-ring (bicyclic) bond motifs is 2. The van der Waals surface area contributed by atoms with E-state index in [0.29, 0.717) is 82.3 Å². The summed E-state index contributed by atoms with van der Waals surface area (Å²) in [5.74, 6) is -0.326. The monoisotopic (exact) mass is 818 g/mol. The fourth-order valence-corrected chi connectivity index (χ4v) is 9.73. The minimum Gasteiger partial charge on any atom is -0.408 e. The van der Waals surface area contributed by atoms with E-state index in [0.717, 1.165) is 50.1 Å². The van der Waals surface area contributed by atoms with Crippen LogP contribution in [0.3, 0.4) is 0 Å². The van der Waals surface area contributed by atoms with E-state index < -0.39 is 44.3 Å². The van der Waals surface area contributed by atoms with Crippen LogP contribution in [0.4, 0.5) is 4.39 Å². The third kappa shape index (κ3) is 10.9. The number of hydrogen-bond donors (Lipinski definition) is 4. The summed E-state index contributed by atoms with van der Waals surface area (Å²) in [4.78, 5) is 33.4. The van der Waals surface area contributed by atoms with E-state index >= 15 is 0 Å². The highest BCUT2D eigenvalue weighted by molar-refractivity contribution is 7.85. The number of likely N-dealkylation sites (tertiary alicyclic amines) is 2.